The molecule has 1 atom stereocenters. The van der Waals surface area contributed by atoms with Gasteiger partial charge in [0.25, 0.3) is 0 Å². The van der Waals surface area contributed by atoms with E-state index < -0.39 is 0 Å². The van der Waals surface area contributed by atoms with Crippen LogP contribution in [0.4, 0.5) is 11.4 Å². The largest absolute Gasteiger partial charge is 0.467 e. The third kappa shape index (κ3) is 6.60. The second-order valence-corrected chi connectivity index (χ2v) is 11.8. The Morgan fingerprint density at radius 1 is 0.784 bits per heavy atom. The van der Waals surface area contributed by atoms with Crippen molar-refractivity contribution >= 4 is 30.6 Å². The smallest absolute Gasteiger partial charge is 0.188 e. The summed E-state index contributed by atoms with van der Waals surface area (Å²) >= 11 is 0. The molecule has 0 amide bonds. The van der Waals surface area contributed by atoms with Crippen molar-refractivity contribution in [1.29, 1.82) is 0 Å². The van der Waals surface area contributed by atoms with Gasteiger partial charge in [0.1, 0.15) is 5.75 Å². The zero-order valence-electron chi connectivity index (χ0n) is 22.8. The maximum absolute atomic E-state index is 6.24. The average Bonchev–Trinajstić information content (AvgIpc) is 2.88. The number of aryl methyl sites for hydroxylation is 2. The molecule has 4 aromatic carbocycles. The number of ether oxygens (including phenoxy) is 2. The Bertz CT molecular complexity index is 1270. The van der Waals surface area contributed by atoms with Gasteiger partial charge >= 0.3 is 0 Å². The minimum atomic E-state index is -0.0414. The molecule has 37 heavy (non-hydrogen) atoms. The molecule has 0 heterocycles. The summed E-state index contributed by atoms with van der Waals surface area (Å²) < 4.78 is 11.6. The SMILES string of the molecule is COCOc1c(Pc2c(C)cccc2CN(c2ccccc2)c2ccccc2)cc(C)cc1C(C)(C)C. The van der Waals surface area contributed by atoms with E-state index in [1.54, 1.807) is 7.11 Å². The van der Waals surface area contributed by atoms with Gasteiger partial charge in [-0.25, -0.2) is 0 Å². The number of methoxy groups -OCH3 is 1. The highest BCUT2D eigenvalue weighted by Gasteiger charge is 2.24. The quantitative estimate of drug-likeness (QED) is 0.171. The van der Waals surface area contributed by atoms with Gasteiger partial charge < -0.3 is 14.4 Å². The highest BCUT2D eigenvalue weighted by atomic mass is 31.1. The topological polar surface area (TPSA) is 21.7 Å². The van der Waals surface area contributed by atoms with E-state index in [4.69, 9.17) is 9.47 Å². The van der Waals surface area contributed by atoms with Gasteiger partial charge in [-0.05, 0) is 71.6 Å². The number of nitrogens with zero attached hydrogens (tertiary/aromatic N) is 1. The van der Waals surface area contributed by atoms with Crippen molar-refractivity contribution in [2.24, 2.45) is 0 Å². The van der Waals surface area contributed by atoms with Gasteiger partial charge in [0, 0.05) is 35.9 Å². The highest BCUT2D eigenvalue weighted by Crippen LogP contribution is 2.35. The summed E-state index contributed by atoms with van der Waals surface area (Å²) in [6.45, 7) is 12.1. The molecule has 4 rings (SSSR count). The zero-order chi connectivity index (χ0) is 26.4. The molecule has 0 saturated heterocycles. The first-order chi connectivity index (χ1) is 17.8. The lowest BCUT2D eigenvalue weighted by Crippen LogP contribution is -2.24. The summed E-state index contributed by atoms with van der Waals surface area (Å²) in [6, 6.07) is 32.4. The summed E-state index contributed by atoms with van der Waals surface area (Å²) in [4.78, 5) is 2.39. The van der Waals surface area contributed by atoms with Gasteiger partial charge in [-0.3, -0.25) is 0 Å². The van der Waals surface area contributed by atoms with Crippen molar-refractivity contribution < 1.29 is 9.47 Å². The molecule has 192 valence electrons. The summed E-state index contributed by atoms with van der Waals surface area (Å²) in [7, 11) is 2.14. The molecule has 1 unspecified atom stereocenters. The fourth-order valence-corrected chi connectivity index (χ4v) is 6.08. The summed E-state index contributed by atoms with van der Waals surface area (Å²) in [5, 5.41) is 2.59. The molecule has 0 aliphatic carbocycles. The Labute approximate surface area is 224 Å². The number of rotatable bonds is 9. The first kappa shape index (κ1) is 26.9. The van der Waals surface area contributed by atoms with Gasteiger partial charge in [-0.2, -0.15) is 0 Å². The fraction of sp³-hybridized carbons (Fsp3) is 0.273. The van der Waals surface area contributed by atoms with Crippen LogP contribution in [0.25, 0.3) is 0 Å². The van der Waals surface area contributed by atoms with E-state index in [-0.39, 0.29) is 12.2 Å². The Balaban J connectivity index is 1.79. The Morgan fingerprint density at radius 2 is 1.41 bits per heavy atom. The molecular weight excluding hydrogens is 473 g/mol. The Hall–Kier alpha value is -3.13. The zero-order valence-corrected chi connectivity index (χ0v) is 23.8. The number of hydrogen-bond acceptors (Lipinski definition) is 3. The van der Waals surface area contributed by atoms with Gasteiger partial charge in [-0.15, -0.1) is 0 Å². The normalized spacial score (nSPS) is 11.7. The number of para-hydroxylation sites is 2. The van der Waals surface area contributed by atoms with Crippen molar-refractivity contribution in [2.45, 2.75) is 46.6 Å². The molecular formula is C33H38NO2P. The summed E-state index contributed by atoms with van der Waals surface area (Å²) in [5.41, 5.74) is 7.41. The van der Waals surface area contributed by atoms with Crippen LogP contribution in [0.3, 0.4) is 0 Å². The fourth-order valence-electron chi connectivity index (χ4n) is 4.59. The monoisotopic (exact) mass is 511 g/mol. The van der Waals surface area contributed by atoms with E-state index in [0.29, 0.717) is 8.58 Å². The van der Waals surface area contributed by atoms with Gasteiger partial charge in [-0.1, -0.05) is 90.0 Å². The van der Waals surface area contributed by atoms with E-state index >= 15 is 0 Å². The maximum Gasteiger partial charge on any atom is 0.188 e. The standard InChI is InChI=1S/C33H38NO2P/c1-24-20-29(33(3,4)5)31(36-23-35-6)30(21-24)37-32-25(2)14-13-15-26(32)22-34(27-16-9-7-10-17-27)28-18-11-8-12-19-28/h7-21,37H,22-23H2,1-6H3. The van der Waals surface area contributed by atoms with Gasteiger partial charge in [0.2, 0.25) is 0 Å². The lowest BCUT2D eigenvalue weighted by molar-refractivity contribution is 0.0506. The van der Waals surface area contributed by atoms with Crippen molar-refractivity contribution in [3.63, 3.8) is 0 Å². The van der Waals surface area contributed by atoms with E-state index in [1.807, 2.05) is 0 Å². The van der Waals surface area contributed by atoms with Crippen molar-refractivity contribution in [3.8, 4) is 5.75 Å². The van der Waals surface area contributed by atoms with E-state index in [2.05, 4.69) is 131 Å². The summed E-state index contributed by atoms with van der Waals surface area (Å²) in [6.07, 6.45) is 0. The highest BCUT2D eigenvalue weighted by molar-refractivity contribution is 7.56. The average molecular weight is 512 g/mol. The predicted molar refractivity (Wildman–Crippen MR) is 160 cm³/mol. The molecule has 4 aromatic rings. The van der Waals surface area contributed by atoms with Crippen molar-refractivity contribution in [2.75, 3.05) is 18.8 Å². The Morgan fingerprint density at radius 3 is 1.97 bits per heavy atom. The molecule has 0 saturated carbocycles. The van der Waals surface area contributed by atoms with Crippen LogP contribution in [0, 0.1) is 13.8 Å². The molecule has 3 nitrogen and oxygen atoms in total. The van der Waals surface area contributed by atoms with Crippen LogP contribution < -0.4 is 20.2 Å². The van der Waals surface area contributed by atoms with Crippen LogP contribution in [0.5, 0.6) is 5.75 Å². The molecule has 0 aliphatic rings. The first-order valence-corrected chi connectivity index (χ1v) is 13.8. The lowest BCUT2D eigenvalue weighted by Gasteiger charge is -2.28. The molecule has 0 bridgehead atoms. The maximum atomic E-state index is 6.24. The van der Waals surface area contributed by atoms with E-state index in [9.17, 15) is 0 Å². The second-order valence-electron chi connectivity index (χ2n) is 10.5. The molecule has 0 aromatic heterocycles. The number of benzene rings is 4. The van der Waals surface area contributed by atoms with Crippen LogP contribution in [-0.2, 0) is 16.7 Å². The van der Waals surface area contributed by atoms with Crippen molar-refractivity contribution in [3.05, 3.63) is 113 Å². The second kappa shape index (κ2) is 11.9. The Kier molecular flexibility index (Phi) is 8.69. The molecule has 4 heteroatoms. The minimum Gasteiger partial charge on any atom is -0.467 e. The molecule has 0 N–H and O–H groups in total. The van der Waals surface area contributed by atoms with Crippen LogP contribution in [0.15, 0.2) is 91.0 Å². The van der Waals surface area contributed by atoms with E-state index in [1.165, 1.54) is 44.2 Å². The third-order valence-corrected chi connectivity index (χ3v) is 8.05. The third-order valence-electron chi connectivity index (χ3n) is 6.45. The summed E-state index contributed by atoms with van der Waals surface area (Å²) in [5.74, 6) is 0.954. The van der Waals surface area contributed by atoms with Crippen LogP contribution in [0.1, 0.15) is 43.0 Å². The van der Waals surface area contributed by atoms with Crippen molar-refractivity contribution in [1.82, 2.24) is 0 Å². The van der Waals surface area contributed by atoms with Gasteiger partial charge in [0.05, 0.1) is 0 Å². The van der Waals surface area contributed by atoms with Crippen LogP contribution in [-0.4, -0.2) is 13.9 Å². The molecule has 0 spiro atoms. The minimum absolute atomic E-state index is 0.0414. The van der Waals surface area contributed by atoms with Crippen LogP contribution in [0.2, 0.25) is 0 Å². The van der Waals surface area contributed by atoms with Gasteiger partial charge in [0.15, 0.2) is 6.79 Å². The first-order valence-electron chi connectivity index (χ1n) is 12.8. The molecule has 0 radical (unpaired) electrons. The molecule has 0 fully saturated rings. The number of anilines is 2. The predicted octanol–water partition coefficient (Wildman–Crippen LogP) is 7.55. The molecule has 0 aliphatic heterocycles. The van der Waals surface area contributed by atoms with E-state index in [0.717, 1.165) is 12.3 Å². The van der Waals surface area contributed by atoms with Crippen LogP contribution >= 0.6 is 8.58 Å². The lowest BCUT2D eigenvalue weighted by atomic mass is 9.85. The number of hydrogen-bond donors (Lipinski definition) is 0.